The van der Waals surface area contributed by atoms with E-state index < -0.39 is 0 Å². The number of nitrogens with zero attached hydrogens (tertiary/aromatic N) is 5. The summed E-state index contributed by atoms with van der Waals surface area (Å²) in [5, 5.41) is 0. The lowest BCUT2D eigenvalue weighted by atomic mass is 9.93. The molecule has 1 saturated heterocycles. The molecule has 0 aliphatic carbocycles. The standard InChI is InChI=1S/C20H25N5O2/c1-24(2)18(26)9-8-15-6-5-11-25(14-15)20(27)16-12-22-19(23-13-16)17-7-3-4-10-21-17/h3-4,7,10,12-13,15H,5-6,8-9,11,14H2,1-2H3. The number of rotatable bonds is 5. The highest BCUT2D eigenvalue weighted by atomic mass is 16.2. The third kappa shape index (κ3) is 4.87. The van der Waals surface area contributed by atoms with Crippen LogP contribution in [-0.2, 0) is 4.79 Å². The minimum absolute atomic E-state index is 0.0498. The van der Waals surface area contributed by atoms with Crippen molar-refractivity contribution in [1.29, 1.82) is 0 Å². The summed E-state index contributed by atoms with van der Waals surface area (Å²) in [5.41, 5.74) is 1.17. The molecule has 1 atom stereocenters. The number of hydrogen-bond donors (Lipinski definition) is 0. The fraction of sp³-hybridized carbons (Fsp3) is 0.450. The summed E-state index contributed by atoms with van der Waals surface area (Å²) >= 11 is 0. The molecular formula is C20H25N5O2. The first-order valence-electron chi connectivity index (χ1n) is 9.27. The lowest BCUT2D eigenvalue weighted by Crippen LogP contribution is -2.40. The molecule has 2 aromatic heterocycles. The second-order valence-corrected chi connectivity index (χ2v) is 7.10. The van der Waals surface area contributed by atoms with Crippen molar-refractivity contribution in [3.05, 3.63) is 42.4 Å². The molecular weight excluding hydrogens is 342 g/mol. The van der Waals surface area contributed by atoms with Crippen molar-refractivity contribution in [3.63, 3.8) is 0 Å². The summed E-state index contributed by atoms with van der Waals surface area (Å²) < 4.78 is 0. The molecule has 0 saturated carbocycles. The maximum absolute atomic E-state index is 12.8. The topological polar surface area (TPSA) is 79.3 Å². The van der Waals surface area contributed by atoms with Gasteiger partial charge in [0.15, 0.2) is 5.82 Å². The van der Waals surface area contributed by atoms with Gasteiger partial charge >= 0.3 is 0 Å². The minimum atomic E-state index is -0.0498. The number of hydrogen-bond acceptors (Lipinski definition) is 5. The van der Waals surface area contributed by atoms with Crippen LogP contribution in [0.4, 0.5) is 0 Å². The van der Waals surface area contributed by atoms with Gasteiger partial charge in [-0.3, -0.25) is 14.6 Å². The minimum Gasteiger partial charge on any atom is -0.349 e. The number of likely N-dealkylation sites (tertiary alicyclic amines) is 1. The highest BCUT2D eigenvalue weighted by Crippen LogP contribution is 2.23. The van der Waals surface area contributed by atoms with Crippen molar-refractivity contribution < 1.29 is 9.59 Å². The second kappa shape index (κ2) is 8.70. The van der Waals surface area contributed by atoms with Crippen LogP contribution < -0.4 is 0 Å². The van der Waals surface area contributed by atoms with E-state index in [9.17, 15) is 9.59 Å². The van der Waals surface area contributed by atoms with E-state index in [1.54, 1.807) is 37.6 Å². The predicted molar refractivity (Wildman–Crippen MR) is 102 cm³/mol. The van der Waals surface area contributed by atoms with E-state index in [4.69, 9.17) is 0 Å². The van der Waals surface area contributed by atoms with E-state index in [2.05, 4.69) is 15.0 Å². The van der Waals surface area contributed by atoms with Gasteiger partial charge in [-0.15, -0.1) is 0 Å². The van der Waals surface area contributed by atoms with E-state index in [0.717, 1.165) is 25.8 Å². The Balaban J connectivity index is 1.60. The van der Waals surface area contributed by atoms with Crippen molar-refractivity contribution in [2.24, 2.45) is 5.92 Å². The summed E-state index contributed by atoms with van der Waals surface area (Å²) in [6.45, 7) is 1.42. The summed E-state index contributed by atoms with van der Waals surface area (Å²) in [6, 6.07) is 5.54. The van der Waals surface area contributed by atoms with Crippen LogP contribution in [0.1, 0.15) is 36.0 Å². The average Bonchev–Trinajstić information content (AvgIpc) is 2.72. The van der Waals surface area contributed by atoms with Crippen LogP contribution in [0.15, 0.2) is 36.8 Å². The van der Waals surface area contributed by atoms with Crippen LogP contribution >= 0.6 is 0 Å². The van der Waals surface area contributed by atoms with Gasteiger partial charge in [0.25, 0.3) is 5.91 Å². The summed E-state index contributed by atoms with van der Waals surface area (Å²) in [5.74, 6) is 0.953. The fourth-order valence-electron chi connectivity index (χ4n) is 3.28. The van der Waals surface area contributed by atoms with Gasteiger partial charge < -0.3 is 9.80 Å². The Kier molecular flexibility index (Phi) is 6.11. The molecule has 0 aromatic carbocycles. The van der Waals surface area contributed by atoms with Crippen LogP contribution in [-0.4, -0.2) is 63.8 Å². The Morgan fingerprint density at radius 3 is 2.63 bits per heavy atom. The summed E-state index contributed by atoms with van der Waals surface area (Å²) in [7, 11) is 3.54. The molecule has 3 rings (SSSR count). The molecule has 7 heteroatoms. The van der Waals surface area contributed by atoms with Gasteiger partial charge in [0.2, 0.25) is 5.91 Å². The van der Waals surface area contributed by atoms with Gasteiger partial charge in [-0.1, -0.05) is 6.07 Å². The SMILES string of the molecule is CN(C)C(=O)CCC1CCCN(C(=O)c2cnc(-c3ccccn3)nc2)C1. The van der Waals surface area contributed by atoms with Crippen LogP contribution in [0.3, 0.4) is 0 Å². The molecule has 0 spiro atoms. The Bertz CT molecular complexity index is 777. The predicted octanol–water partition coefficient (Wildman–Crippen LogP) is 2.26. The largest absolute Gasteiger partial charge is 0.349 e. The molecule has 0 N–H and O–H groups in total. The van der Waals surface area contributed by atoms with Gasteiger partial charge in [-0.2, -0.15) is 0 Å². The highest BCUT2D eigenvalue weighted by Gasteiger charge is 2.25. The van der Waals surface area contributed by atoms with Crippen molar-refractivity contribution in [3.8, 4) is 11.5 Å². The zero-order chi connectivity index (χ0) is 19.2. The van der Waals surface area contributed by atoms with Gasteiger partial charge in [-0.05, 0) is 37.3 Å². The number of aromatic nitrogens is 3. The van der Waals surface area contributed by atoms with E-state index in [-0.39, 0.29) is 11.8 Å². The second-order valence-electron chi connectivity index (χ2n) is 7.10. The Morgan fingerprint density at radius 1 is 1.19 bits per heavy atom. The quantitative estimate of drug-likeness (QED) is 0.810. The normalized spacial score (nSPS) is 16.8. The van der Waals surface area contributed by atoms with Gasteiger partial charge in [0.05, 0.1) is 5.56 Å². The Morgan fingerprint density at radius 2 is 1.96 bits per heavy atom. The van der Waals surface area contributed by atoms with E-state index in [1.807, 2.05) is 23.1 Å². The monoisotopic (exact) mass is 367 g/mol. The van der Waals surface area contributed by atoms with Crippen molar-refractivity contribution in [2.45, 2.75) is 25.7 Å². The smallest absolute Gasteiger partial charge is 0.256 e. The number of carbonyl (C=O) groups is 2. The lowest BCUT2D eigenvalue weighted by Gasteiger charge is -2.32. The molecule has 2 amide bonds. The number of carbonyl (C=O) groups excluding carboxylic acids is 2. The van der Waals surface area contributed by atoms with Gasteiger partial charge in [0.1, 0.15) is 5.69 Å². The molecule has 27 heavy (non-hydrogen) atoms. The highest BCUT2D eigenvalue weighted by molar-refractivity contribution is 5.93. The first kappa shape index (κ1) is 18.9. The van der Waals surface area contributed by atoms with E-state index in [1.165, 1.54) is 0 Å². The Labute approximate surface area is 159 Å². The van der Waals surface area contributed by atoms with Crippen molar-refractivity contribution >= 4 is 11.8 Å². The first-order chi connectivity index (χ1) is 13.0. The van der Waals surface area contributed by atoms with Crippen LogP contribution in [0, 0.1) is 5.92 Å². The third-order valence-corrected chi connectivity index (χ3v) is 4.86. The first-order valence-corrected chi connectivity index (χ1v) is 9.27. The lowest BCUT2D eigenvalue weighted by molar-refractivity contribution is -0.129. The zero-order valence-electron chi connectivity index (χ0n) is 15.8. The number of pyridine rings is 1. The zero-order valence-corrected chi connectivity index (χ0v) is 15.8. The molecule has 3 heterocycles. The van der Waals surface area contributed by atoms with Gasteiger partial charge in [-0.25, -0.2) is 9.97 Å². The summed E-state index contributed by atoms with van der Waals surface area (Å²) in [6.07, 6.45) is 8.18. The Hall–Kier alpha value is -2.83. The maximum Gasteiger partial charge on any atom is 0.256 e. The molecule has 2 aromatic rings. The molecule has 0 radical (unpaired) electrons. The fourth-order valence-corrected chi connectivity index (χ4v) is 3.28. The molecule has 1 aliphatic rings. The molecule has 1 fully saturated rings. The van der Waals surface area contributed by atoms with E-state index >= 15 is 0 Å². The third-order valence-electron chi connectivity index (χ3n) is 4.86. The van der Waals surface area contributed by atoms with Gasteiger partial charge in [0, 0.05) is 52.2 Å². The van der Waals surface area contributed by atoms with Crippen LogP contribution in [0.5, 0.6) is 0 Å². The molecule has 1 aliphatic heterocycles. The van der Waals surface area contributed by atoms with Crippen LogP contribution in [0.2, 0.25) is 0 Å². The van der Waals surface area contributed by atoms with Crippen molar-refractivity contribution in [1.82, 2.24) is 24.8 Å². The molecule has 1 unspecified atom stereocenters. The molecule has 0 bridgehead atoms. The number of amides is 2. The van der Waals surface area contributed by atoms with Crippen LogP contribution in [0.25, 0.3) is 11.5 Å². The van der Waals surface area contributed by atoms with Crippen molar-refractivity contribution in [2.75, 3.05) is 27.2 Å². The average molecular weight is 367 g/mol. The maximum atomic E-state index is 12.8. The molecule has 7 nitrogen and oxygen atoms in total. The van der Waals surface area contributed by atoms with E-state index in [0.29, 0.717) is 36.0 Å². The molecule has 142 valence electrons. The summed E-state index contributed by atoms with van der Waals surface area (Å²) in [4.78, 5) is 40.9. The number of piperidine rings is 1.